The molecule has 0 spiro atoms. The van der Waals surface area contributed by atoms with Crippen molar-refractivity contribution >= 4 is 17.4 Å². The van der Waals surface area contributed by atoms with Crippen LogP contribution in [0.2, 0.25) is 0 Å². The van der Waals surface area contributed by atoms with E-state index in [1.807, 2.05) is 12.1 Å². The first kappa shape index (κ1) is 20.3. The number of nitrogens with zero attached hydrogens (tertiary/aromatic N) is 6. The van der Waals surface area contributed by atoms with Crippen LogP contribution in [0, 0.1) is 5.82 Å². The van der Waals surface area contributed by atoms with Crippen LogP contribution < -0.4 is 17.0 Å². The van der Waals surface area contributed by atoms with E-state index in [1.165, 1.54) is 27.3 Å². The third-order valence-electron chi connectivity index (χ3n) is 5.21. The minimum absolute atomic E-state index is 0.122. The lowest BCUT2D eigenvalue weighted by Gasteiger charge is -2.12. The number of rotatable bonds is 4. The molecule has 1 aromatic carbocycles. The first-order chi connectivity index (χ1) is 15.9. The molecule has 0 unspecified atom stereocenters. The van der Waals surface area contributed by atoms with Gasteiger partial charge in [0.2, 0.25) is 11.5 Å². The van der Waals surface area contributed by atoms with Gasteiger partial charge in [-0.25, -0.2) is 19.3 Å². The number of benzene rings is 1. The van der Waals surface area contributed by atoms with Crippen LogP contribution >= 0.6 is 0 Å². The lowest BCUT2D eigenvalue weighted by atomic mass is 10.0. The molecule has 0 saturated heterocycles. The molecular formula is C23H19FN8O. The average Bonchev–Trinajstić information content (AvgIpc) is 3.20. The summed E-state index contributed by atoms with van der Waals surface area (Å²) in [5.74, 6) is 0.638. The Morgan fingerprint density at radius 1 is 0.939 bits per heavy atom. The highest BCUT2D eigenvalue weighted by Crippen LogP contribution is 2.34. The predicted molar refractivity (Wildman–Crippen MR) is 123 cm³/mol. The Bertz CT molecular complexity index is 1560. The molecule has 0 aliphatic carbocycles. The van der Waals surface area contributed by atoms with Crippen LogP contribution in [0.4, 0.5) is 16.2 Å². The Kier molecular flexibility index (Phi) is 4.82. The molecule has 164 valence electrons. The van der Waals surface area contributed by atoms with Crippen molar-refractivity contribution in [2.75, 3.05) is 11.5 Å². The number of aryl methyl sites for hydroxylation is 1. The maximum atomic E-state index is 13.6. The number of nitrogen functional groups attached to an aromatic ring is 2. The smallest absolute Gasteiger partial charge is 0.250 e. The molecule has 0 aliphatic heterocycles. The van der Waals surface area contributed by atoms with Crippen molar-refractivity contribution in [2.45, 2.75) is 6.42 Å². The second-order valence-corrected chi connectivity index (χ2v) is 7.56. The van der Waals surface area contributed by atoms with E-state index in [4.69, 9.17) is 16.5 Å². The average molecular weight is 442 g/mol. The van der Waals surface area contributed by atoms with Crippen molar-refractivity contribution < 1.29 is 4.39 Å². The zero-order chi connectivity index (χ0) is 23.1. The minimum atomic E-state index is -0.365. The molecule has 5 aromatic rings. The van der Waals surface area contributed by atoms with Crippen LogP contribution in [0.15, 0.2) is 65.6 Å². The molecule has 0 bridgehead atoms. The molecule has 0 fully saturated rings. The van der Waals surface area contributed by atoms with Gasteiger partial charge in [-0.05, 0) is 42.5 Å². The van der Waals surface area contributed by atoms with Gasteiger partial charge < -0.3 is 16.0 Å². The summed E-state index contributed by atoms with van der Waals surface area (Å²) >= 11 is 0. The summed E-state index contributed by atoms with van der Waals surface area (Å²) in [4.78, 5) is 25.6. The maximum absolute atomic E-state index is 13.6. The fourth-order valence-corrected chi connectivity index (χ4v) is 3.66. The Labute approximate surface area is 187 Å². The van der Waals surface area contributed by atoms with Gasteiger partial charge in [-0.1, -0.05) is 6.07 Å². The Balaban J connectivity index is 1.76. The maximum Gasteiger partial charge on any atom is 0.250 e. The minimum Gasteiger partial charge on any atom is -0.384 e. The standard InChI is InChI=1S/C23H19FN8O/c1-31-12-14(7-10-19(31)33)20-21(13-5-8-15(24)9-6-13)29-23(26)32-22(20)28-18(30-32)11-16-3-2-4-17(25)27-16/h2-10,12H,11H2,1H3,(H2,25,27)(H2,26,29). The molecule has 0 amide bonds. The number of halogens is 1. The molecule has 4 aromatic heterocycles. The van der Waals surface area contributed by atoms with Gasteiger partial charge in [0, 0.05) is 30.4 Å². The van der Waals surface area contributed by atoms with Gasteiger partial charge in [-0.15, -0.1) is 5.10 Å². The van der Waals surface area contributed by atoms with Crippen molar-refractivity contribution in [1.29, 1.82) is 0 Å². The highest BCUT2D eigenvalue weighted by molar-refractivity contribution is 5.90. The second-order valence-electron chi connectivity index (χ2n) is 7.56. The lowest BCUT2D eigenvalue weighted by Crippen LogP contribution is -2.14. The van der Waals surface area contributed by atoms with Gasteiger partial charge in [0.25, 0.3) is 0 Å². The van der Waals surface area contributed by atoms with Crippen molar-refractivity contribution in [2.24, 2.45) is 7.05 Å². The molecule has 4 N–H and O–H groups in total. The summed E-state index contributed by atoms with van der Waals surface area (Å²) in [6.07, 6.45) is 2.03. The number of fused-ring (bicyclic) bond motifs is 1. The normalized spacial score (nSPS) is 11.2. The van der Waals surface area contributed by atoms with Gasteiger partial charge in [0.1, 0.15) is 11.6 Å². The van der Waals surface area contributed by atoms with Gasteiger partial charge in [0.05, 0.1) is 23.4 Å². The van der Waals surface area contributed by atoms with Crippen LogP contribution in [-0.2, 0) is 13.5 Å². The first-order valence-electron chi connectivity index (χ1n) is 10.1. The van der Waals surface area contributed by atoms with E-state index in [1.54, 1.807) is 37.5 Å². The highest BCUT2D eigenvalue weighted by Gasteiger charge is 2.20. The fraction of sp³-hybridized carbons (Fsp3) is 0.0870. The topological polar surface area (TPSA) is 130 Å². The fourth-order valence-electron chi connectivity index (χ4n) is 3.66. The zero-order valence-corrected chi connectivity index (χ0v) is 17.6. The van der Waals surface area contributed by atoms with Crippen molar-refractivity contribution in [1.82, 2.24) is 29.1 Å². The van der Waals surface area contributed by atoms with Crippen LogP contribution in [0.3, 0.4) is 0 Å². The van der Waals surface area contributed by atoms with Gasteiger partial charge in [-0.2, -0.15) is 4.52 Å². The molecule has 0 aliphatic rings. The molecule has 5 rings (SSSR count). The van der Waals surface area contributed by atoms with E-state index in [0.29, 0.717) is 51.8 Å². The van der Waals surface area contributed by atoms with E-state index < -0.39 is 0 Å². The van der Waals surface area contributed by atoms with Crippen LogP contribution in [0.5, 0.6) is 0 Å². The summed E-state index contributed by atoms with van der Waals surface area (Å²) in [6.45, 7) is 0. The molecule has 0 saturated carbocycles. The lowest BCUT2D eigenvalue weighted by molar-refractivity contribution is 0.628. The quantitative estimate of drug-likeness (QED) is 0.437. The van der Waals surface area contributed by atoms with Crippen molar-refractivity contribution in [3.05, 3.63) is 88.5 Å². The monoisotopic (exact) mass is 442 g/mol. The number of hydrogen-bond acceptors (Lipinski definition) is 7. The summed E-state index contributed by atoms with van der Waals surface area (Å²) in [5.41, 5.74) is 15.5. The van der Waals surface area contributed by atoms with Gasteiger partial charge in [-0.3, -0.25) is 4.79 Å². The third kappa shape index (κ3) is 3.78. The summed E-state index contributed by atoms with van der Waals surface area (Å²) < 4.78 is 16.5. The Morgan fingerprint density at radius 2 is 1.70 bits per heavy atom. The Hall–Kier alpha value is -4.60. The molecular weight excluding hydrogens is 423 g/mol. The van der Waals surface area contributed by atoms with E-state index in [2.05, 4.69) is 15.1 Å². The highest BCUT2D eigenvalue weighted by atomic mass is 19.1. The van der Waals surface area contributed by atoms with Crippen LogP contribution in [0.1, 0.15) is 11.5 Å². The summed E-state index contributed by atoms with van der Waals surface area (Å²) in [5, 5.41) is 4.52. The van der Waals surface area contributed by atoms with Crippen molar-refractivity contribution in [3.8, 4) is 22.4 Å². The zero-order valence-electron chi connectivity index (χ0n) is 17.6. The van der Waals surface area contributed by atoms with E-state index in [9.17, 15) is 9.18 Å². The number of nitrogens with two attached hydrogens (primary N) is 2. The second kappa shape index (κ2) is 7.83. The predicted octanol–water partition coefficient (Wildman–Crippen LogP) is 2.45. The van der Waals surface area contributed by atoms with E-state index in [-0.39, 0.29) is 17.3 Å². The van der Waals surface area contributed by atoms with Gasteiger partial charge in [0.15, 0.2) is 11.5 Å². The summed E-state index contributed by atoms with van der Waals surface area (Å²) in [7, 11) is 1.66. The largest absolute Gasteiger partial charge is 0.384 e. The van der Waals surface area contributed by atoms with Crippen LogP contribution in [0.25, 0.3) is 28.0 Å². The van der Waals surface area contributed by atoms with Crippen molar-refractivity contribution in [3.63, 3.8) is 0 Å². The number of aromatic nitrogens is 6. The van der Waals surface area contributed by atoms with Crippen LogP contribution in [-0.4, -0.2) is 29.1 Å². The number of pyridine rings is 2. The summed E-state index contributed by atoms with van der Waals surface area (Å²) in [6, 6.07) is 14.4. The van der Waals surface area contributed by atoms with E-state index >= 15 is 0 Å². The molecule has 9 nitrogen and oxygen atoms in total. The molecule has 10 heteroatoms. The number of anilines is 2. The number of hydrogen-bond donors (Lipinski definition) is 2. The van der Waals surface area contributed by atoms with Gasteiger partial charge >= 0.3 is 0 Å². The SMILES string of the molecule is Cn1cc(-c2c(-c3ccc(F)cc3)nc(N)n3nc(Cc4cccc(N)n4)nc23)ccc1=O. The third-order valence-corrected chi connectivity index (χ3v) is 5.21. The molecule has 0 atom stereocenters. The molecule has 33 heavy (non-hydrogen) atoms. The molecule has 4 heterocycles. The first-order valence-corrected chi connectivity index (χ1v) is 10.1. The van der Waals surface area contributed by atoms with E-state index in [0.717, 1.165) is 0 Å². The Morgan fingerprint density at radius 3 is 2.42 bits per heavy atom. The molecule has 0 radical (unpaired) electrons.